The molecule has 0 saturated heterocycles. The van der Waals surface area contributed by atoms with Gasteiger partial charge in [0, 0.05) is 20.1 Å². The summed E-state index contributed by atoms with van der Waals surface area (Å²) < 4.78 is 16.1. The Kier molecular flexibility index (Phi) is 8.81. The fraction of sp³-hybridized carbons (Fsp3) is 0.345. The number of rotatable bonds is 10. The van der Waals surface area contributed by atoms with Gasteiger partial charge in [0.15, 0.2) is 11.5 Å². The van der Waals surface area contributed by atoms with Gasteiger partial charge in [0.1, 0.15) is 6.54 Å². The summed E-state index contributed by atoms with van der Waals surface area (Å²) in [6.07, 6.45) is 0.528. The van der Waals surface area contributed by atoms with E-state index in [4.69, 9.17) is 19.3 Å². The summed E-state index contributed by atoms with van der Waals surface area (Å²) >= 11 is 1.35. The van der Waals surface area contributed by atoms with Crippen LogP contribution in [0.2, 0.25) is 0 Å². The number of amides is 2. The summed E-state index contributed by atoms with van der Waals surface area (Å²) in [5, 5.41) is 8.15. The molecular weight excluding hydrogens is 502 g/mol. The molecule has 1 aliphatic rings. The second-order valence-electron chi connectivity index (χ2n) is 9.12. The Labute approximate surface area is 227 Å². The van der Waals surface area contributed by atoms with Gasteiger partial charge in [-0.3, -0.25) is 9.59 Å². The van der Waals surface area contributed by atoms with Crippen LogP contribution < -0.4 is 9.47 Å². The van der Waals surface area contributed by atoms with Crippen molar-refractivity contribution >= 4 is 28.9 Å². The van der Waals surface area contributed by atoms with Crippen LogP contribution in [0.4, 0.5) is 0 Å². The molecule has 0 aliphatic carbocycles. The second kappa shape index (κ2) is 12.2. The number of aryl methyl sites for hydroxylation is 2. The molecule has 2 amide bonds. The molecule has 38 heavy (non-hydrogen) atoms. The molecule has 1 atom stereocenters. The molecule has 2 aromatic carbocycles. The Hall–Kier alpha value is -3.69. The molecule has 0 unspecified atom stereocenters. The summed E-state index contributed by atoms with van der Waals surface area (Å²) in [7, 11) is 4.74. The van der Waals surface area contributed by atoms with E-state index >= 15 is 0 Å². The molecule has 0 fully saturated rings. The minimum Gasteiger partial charge on any atom is -0.493 e. The summed E-state index contributed by atoms with van der Waals surface area (Å²) in [4.78, 5) is 29.0. The fourth-order valence-electron chi connectivity index (χ4n) is 4.40. The molecule has 4 rings (SSSR count). The minimum atomic E-state index is -0.361. The predicted octanol–water partition coefficient (Wildman–Crippen LogP) is 4.85. The maximum absolute atomic E-state index is 13.8. The number of thiophene rings is 1. The molecule has 9 heteroatoms. The van der Waals surface area contributed by atoms with Gasteiger partial charge in [-0.1, -0.05) is 24.3 Å². The van der Waals surface area contributed by atoms with E-state index in [1.54, 1.807) is 27.4 Å². The standard InChI is InChI=1S/C29H33N3O5S/c1-19-8-9-21(15-20(19)2)23-17-24(22-10-11-25(36-4)26(16-22)37-5)32(30-23)28(33)18-31(12-13-35-3)29(34)27-7-6-14-38-27/h6-11,14-16,24H,12-13,17-18H2,1-5H3/t24-/m1/s1. The maximum atomic E-state index is 13.8. The monoisotopic (exact) mass is 535 g/mol. The van der Waals surface area contributed by atoms with E-state index in [9.17, 15) is 9.59 Å². The Morgan fingerprint density at radius 2 is 1.82 bits per heavy atom. The predicted molar refractivity (Wildman–Crippen MR) is 148 cm³/mol. The molecule has 0 bridgehead atoms. The number of methoxy groups -OCH3 is 3. The van der Waals surface area contributed by atoms with E-state index in [2.05, 4.69) is 26.0 Å². The first-order valence-electron chi connectivity index (χ1n) is 12.4. The maximum Gasteiger partial charge on any atom is 0.264 e. The summed E-state index contributed by atoms with van der Waals surface area (Å²) in [5.41, 5.74) is 5.00. The van der Waals surface area contributed by atoms with E-state index in [0.717, 1.165) is 22.4 Å². The molecule has 8 nitrogen and oxygen atoms in total. The van der Waals surface area contributed by atoms with Crippen LogP contribution in [0.3, 0.4) is 0 Å². The lowest BCUT2D eigenvalue weighted by molar-refractivity contribution is -0.133. The van der Waals surface area contributed by atoms with Gasteiger partial charge in [0.25, 0.3) is 11.8 Å². The topological polar surface area (TPSA) is 80.7 Å². The Balaban J connectivity index is 1.68. The quantitative estimate of drug-likeness (QED) is 0.371. The van der Waals surface area contributed by atoms with Crippen molar-refractivity contribution in [1.29, 1.82) is 0 Å². The SMILES string of the molecule is COCCN(CC(=O)N1N=C(c2ccc(C)c(C)c2)C[C@@H]1c1ccc(OC)c(OC)c1)C(=O)c1cccs1. The van der Waals surface area contributed by atoms with Gasteiger partial charge in [0.2, 0.25) is 0 Å². The van der Waals surface area contributed by atoms with E-state index in [0.29, 0.717) is 35.9 Å². The van der Waals surface area contributed by atoms with Crippen molar-refractivity contribution in [3.05, 3.63) is 81.0 Å². The normalized spacial score (nSPS) is 14.8. The fourth-order valence-corrected chi connectivity index (χ4v) is 5.09. The lowest BCUT2D eigenvalue weighted by atomic mass is 9.96. The highest BCUT2D eigenvalue weighted by Gasteiger charge is 2.35. The van der Waals surface area contributed by atoms with E-state index in [1.807, 2.05) is 35.7 Å². The number of ether oxygens (including phenoxy) is 3. The smallest absolute Gasteiger partial charge is 0.264 e. The zero-order valence-electron chi connectivity index (χ0n) is 22.4. The second-order valence-corrected chi connectivity index (χ2v) is 10.1. The van der Waals surface area contributed by atoms with Crippen molar-refractivity contribution in [1.82, 2.24) is 9.91 Å². The average Bonchev–Trinajstić information content (AvgIpc) is 3.63. The van der Waals surface area contributed by atoms with Gasteiger partial charge in [0.05, 0.1) is 37.5 Å². The minimum absolute atomic E-state index is 0.117. The average molecular weight is 536 g/mol. The number of carbonyl (C=O) groups is 2. The summed E-state index contributed by atoms with van der Waals surface area (Å²) in [5.74, 6) is 0.705. The number of hydrogen-bond acceptors (Lipinski definition) is 7. The highest BCUT2D eigenvalue weighted by Crippen LogP contribution is 2.37. The first-order valence-corrected chi connectivity index (χ1v) is 13.2. The lowest BCUT2D eigenvalue weighted by Crippen LogP contribution is -2.42. The van der Waals surface area contributed by atoms with Crippen LogP contribution in [0.1, 0.15) is 44.4 Å². The van der Waals surface area contributed by atoms with Gasteiger partial charge in [-0.2, -0.15) is 5.10 Å². The zero-order valence-corrected chi connectivity index (χ0v) is 23.2. The van der Waals surface area contributed by atoms with Crippen molar-refractivity contribution in [3.63, 3.8) is 0 Å². The molecular formula is C29H33N3O5S. The van der Waals surface area contributed by atoms with Gasteiger partial charge in [-0.05, 0) is 65.7 Å². The highest BCUT2D eigenvalue weighted by atomic mass is 32.1. The van der Waals surface area contributed by atoms with Gasteiger partial charge in [-0.25, -0.2) is 5.01 Å². The van der Waals surface area contributed by atoms with Crippen LogP contribution >= 0.6 is 11.3 Å². The first kappa shape index (κ1) is 27.3. The molecule has 3 aromatic rings. The largest absolute Gasteiger partial charge is 0.493 e. The summed E-state index contributed by atoms with van der Waals surface area (Å²) in [6.45, 7) is 4.62. The number of hydrogen-bond donors (Lipinski definition) is 0. The third-order valence-corrected chi connectivity index (χ3v) is 7.57. The lowest BCUT2D eigenvalue weighted by Gasteiger charge is -2.27. The number of nitrogens with zero attached hydrogens (tertiary/aromatic N) is 3. The van der Waals surface area contributed by atoms with Gasteiger partial charge < -0.3 is 19.1 Å². The molecule has 0 N–H and O–H groups in total. The van der Waals surface area contributed by atoms with Crippen LogP contribution in [0, 0.1) is 13.8 Å². The molecule has 200 valence electrons. The summed E-state index contributed by atoms with van der Waals surface area (Å²) in [6, 6.07) is 15.0. The van der Waals surface area contributed by atoms with E-state index in [1.165, 1.54) is 26.8 Å². The van der Waals surface area contributed by atoms with E-state index < -0.39 is 0 Å². The highest BCUT2D eigenvalue weighted by molar-refractivity contribution is 7.12. The van der Waals surface area contributed by atoms with Gasteiger partial charge >= 0.3 is 0 Å². The Morgan fingerprint density at radius 3 is 2.47 bits per heavy atom. The third-order valence-electron chi connectivity index (χ3n) is 6.71. The van der Waals surface area contributed by atoms with Crippen LogP contribution in [0.15, 0.2) is 59.0 Å². The van der Waals surface area contributed by atoms with Crippen LogP contribution in [-0.4, -0.2) is 68.5 Å². The molecule has 0 radical (unpaired) electrons. The Morgan fingerprint density at radius 1 is 1.03 bits per heavy atom. The molecule has 1 aromatic heterocycles. The van der Waals surface area contributed by atoms with Crippen molar-refractivity contribution < 1.29 is 23.8 Å². The Bertz CT molecular complexity index is 1320. The third kappa shape index (κ3) is 5.89. The van der Waals surface area contributed by atoms with Crippen molar-refractivity contribution in [2.24, 2.45) is 5.10 Å². The van der Waals surface area contributed by atoms with Crippen molar-refractivity contribution in [2.45, 2.75) is 26.3 Å². The van der Waals surface area contributed by atoms with Crippen molar-refractivity contribution in [2.75, 3.05) is 41.0 Å². The van der Waals surface area contributed by atoms with Gasteiger partial charge in [-0.15, -0.1) is 11.3 Å². The van der Waals surface area contributed by atoms with Crippen LogP contribution in [0.5, 0.6) is 11.5 Å². The van der Waals surface area contributed by atoms with Crippen molar-refractivity contribution in [3.8, 4) is 11.5 Å². The molecule has 0 saturated carbocycles. The molecule has 1 aliphatic heterocycles. The number of carbonyl (C=O) groups excluding carboxylic acids is 2. The van der Waals surface area contributed by atoms with Crippen LogP contribution in [0.25, 0.3) is 0 Å². The van der Waals surface area contributed by atoms with Crippen LogP contribution in [-0.2, 0) is 9.53 Å². The molecule has 0 spiro atoms. The number of hydrazone groups is 1. The molecule has 2 heterocycles. The number of benzene rings is 2. The first-order chi connectivity index (χ1) is 18.4. The van der Waals surface area contributed by atoms with E-state index in [-0.39, 0.29) is 24.4 Å². The zero-order chi connectivity index (χ0) is 27.2.